The Kier molecular flexibility index (Phi) is 2.35. The van der Waals surface area contributed by atoms with Crippen LogP contribution in [0.2, 0.25) is 0 Å². The van der Waals surface area contributed by atoms with Crippen LogP contribution in [0.1, 0.15) is 30.9 Å². The highest BCUT2D eigenvalue weighted by Crippen LogP contribution is 2.24. The molecule has 1 aromatic carbocycles. The van der Waals surface area contributed by atoms with Crippen LogP contribution in [0.15, 0.2) is 29.1 Å². The number of benzene rings is 1. The van der Waals surface area contributed by atoms with E-state index in [0.717, 1.165) is 22.0 Å². The fraction of sp³-hybridized carbons (Fsp3) is 0.308. The van der Waals surface area contributed by atoms with Gasteiger partial charge in [-0.25, -0.2) is 0 Å². The molecule has 0 fully saturated rings. The summed E-state index contributed by atoms with van der Waals surface area (Å²) in [7, 11) is 0. The maximum Gasteiger partial charge on any atom is 0.251 e. The van der Waals surface area contributed by atoms with Crippen LogP contribution in [0.5, 0.6) is 0 Å². The van der Waals surface area contributed by atoms with Gasteiger partial charge in [-0.15, -0.1) is 0 Å². The quantitative estimate of drug-likeness (QED) is 0.756. The molecule has 15 heavy (non-hydrogen) atoms. The van der Waals surface area contributed by atoms with Gasteiger partial charge in [-0.1, -0.05) is 32.0 Å². The first kappa shape index (κ1) is 9.97. The Labute approximate surface area is 89.0 Å². The van der Waals surface area contributed by atoms with Crippen LogP contribution in [0.25, 0.3) is 10.9 Å². The minimum absolute atomic E-state index is 0.0254. The van der Waals surface area contributed by atoms with E-state index in [-0.39, 0.29) is 5.56 Å². The molecule has 78 valence electrons. The molecule has 1 heterocycles. The summed E-state index contributed by atoms with van der Waals surface area (Å²) in [5, 5.41) is 1.16. The van der Waals surface area contributed by atoms with Crippen LogP contribution in [0, 0.1) is 6.92 Å². The zero-order valence-electron chi connectivity index (χ0n) is 9.29. The van der Waals surface area contributed by atoms with Crippen LogP contribution in [0.3, 0.4) is 0 Å². The van der Waals surface area contributed by atoms with E-state index < -0.39 is 0 Å². The number of hydrogen-bond donors (Lipinski definition) is 1. The fourth-order valence-corrected chi connectivity index (χ4v) is 2.11. The monoisotopic (exact) mass is 201 g/mol. The molecule has 2 heteroatoms. The summed E-state index contributed by atoms with van der Waals surface area (Å²) in [6, 6.07) is 7.96. The zero-order chi connectivity index (χ0) is 11.0. The van der Waals surface area contributed by atoms with E-state index in [1.165, 1.54) is 0 Å². The molecule has 0 saturated carbocycles. The maximum atomic E-state index is 11.7. The van der Waals surface area contributed by atoms with E-state index in [1.54, 1.807) is 0 Å². The number of H-pyrrole nitrogens is 1. The van der Waals surface area contributed by atoms with Crippen molar-refractivity contribution >= 4 is 10.9 Å². The van der Waals surface area contributed by atoms with Crippen molar-refractivity contribution in [1.82, 2.24) is 4.98 Å². The molecule has 0 spiro atoms. The standard InChI is InChI=1S/C13H15NO/c1-8(2)12-9(3)13(15)14-11-7-5-4-6-10(11)12/h4-8H,1-3H3,(H,14,15). The molecule has 0 atom stereocenters. The molecule has 2 aromatic rings. The van der Waals surface area contributed by atoms with Crippen molar-refractivity contribution in [3.05, 3.63) is 45.7 Å². The van der Waals surface area contributed by atoms with Gasteiger partial charge in [0.2, 0.25) is 0 Å². The molecule has 0 aliphatic heterocycles. The van der Waals surface area contributed by atoms with E-state index in [0.29, 0.717) is 5.92 Å². The van der Waals surface area contributed by atoms with E-state index in [1.807, 2.05) is 25.1 Å². The molecule has 2 rings (SSSR count). The van der Waals surface area contributed by atoms with Crippen molar-refractivity contribution in [2.24, 2.45) is 0 Å². The number of nitrogens with one attached hydrogen (secondary N) is 1. The number of fused-ring (bicyclic) bond motifs is 1. The van der Waals surface area contributed by atoms with E-state index in [2.05, 4.69) is 24.9 Å². The summed E-state index contributed by atoms with van der Waals surface area (Å²) in [6.45, 7) is 6.13. The topological polar surface area (TPSA) is 32.9 Å². The van der Waals surface area contributed by atoms with Crippen LogP contribution >= 0.6 is 0 Å². The first-order valence-corrected chi connectivity index (χ1v) is 5.22. The molecule has 0 saturated heterocycles. The van der Waals surface area contributed by atoms with Gasteiger partial charge < -0.3 is 4.98 Å². The van der Waals surface area contributed by atoms with Crippen molar-refractivity contribution in [2.45, 2.75) is 26.7 Å². The first-order valence-electron chi connectivity index (χ1n) is 5.22. The number of para-hydroxylation sites is 1. The fourth-order valence-electron chi connectivity index (χ4n) is 2.11. The Hall–Kier alpha value is -1.57. The van der Waals surface area contributed by atoms with Crippen LogP contribution in [-0.4, -0.2) is 4.98 Å². The van der Waals surface area contributed by atoms with E-state index >= 15 is 0 Å². The van der Waals surface area contributed by atoms with Crippen LogP contribution < -0.4 is 5.56 Å². The zero-order valence-corrected chi connectivity index (χ0v) is 9.29. The van der Waals surface area contributed by atoms with Crippen molar-refractivity contribution in [2.75, 3.05) is 0 Å². The molecule has 2 nitrogen and oxygen atoms in total. The molecular formula is C13H15NO. The summed E-state index contributed by atoms with van der Waals surface area (Å²) in [4.78, 5) is 14.6. The van der Waals surface area contributed by atoms with Gasteiger partial charge in [0.15, 0.2) is 0 Å². The Morgan fingerprint density at radius 2 is 1.87 bits per heavy atom. The molecule has 1 aromatic heterocycles. The number of aromatic amines is 1. The van der Waals surface area contributed by atoms with Gasteiger partial charge in [-0.05, 0) is 24.5 Å². The first-order chi connectivity index (χ1) is 7.11. The van der Waals surface area contributed by atoms with Crippen LogP contribution in [0.4, 0.5) is 0 Å². The van der Waals surface area contributed by atoms with Crippen molar-refractivity contribution in [3.8, 4) is 0 Å². The van der Waals surface area contributed by atoms with Gasteiger partial charge in [0, 0.05) is 16.5 Å². The summed E-state index contributed by atoms with van der Waals surface area (Å²) in [6.07, 6.45) is 0. The highest BCUT2D eigenvalue weighted by molar-refractivity contribution is 5.83. The number of pyridine rings is 1. The second-order valence-electron chi connectivity index (χ2n) is 4.19. The smallest absolute Gasteiger partial charge is 0.251 e. The average molecular weight is 201 g/mol. The lowest BCUT2D eigenvalue weighted by Crippen LogP contribution is -2.13. The van der Waals surface area contributed by atoms with Gasteiger partial charge >= 0.3 is 0 Å². The summed E-state index contributed by atoms with van der Waals surface area (Å²) in [5.41, 5.74) is 2.95. The van der Waals surface area contributed by atoms with Crippen LogP contribution in [-0.2, 0) is 0 Å². The maximum absolute atomic E-state index is 11.7. The minimum Gasteiger partial charge on any atom is -0.322 e. The summed E-state index contributed by atoms with van der Waals surface area (Å²) in [5.74, 6) is 0.372. The normalized spacial score (nSPS) is 11.2. The second kappa shape index (κ2) is 3.54. The molecule has 1 N–H and O–H groups in total. The lowest BCUT2D eigenvalue weighted by Gasteiger charge is -2.12. The largest absolute Gasteiger partial charge is 0.322 e. The minimum atomic E-state index is 0.0254. The highest BCUT2D eigenvalue weighted by atomic mass is 16.1. The third-order valence-electron chi connectivity index (χ3n) is 2.79. The molecule has 0 radical (unpaired) electrons. The van der Waals surface area contributed by atoms with Gasteiger partial charge in [0.25, 0.3) is 5.56 Å². The number of rotatable bonds is 1. The number of aromatic nitrogens is 1. The lowest BCUT2D eigenvalue weighted by molar-refractivity contribution is 0.860. The van der Waals surface area contributed by atoms with Crippen molar-refractivity contribution in [3.63, 3.8) is 0 Å². The summed E-state index contributed by atoms with van der Waals surface area (Å²) < 4.78 is 0. The Balaban J connectivity index is 2.96. The van der Waals surface area contributed by atoms with Gasteiger partial charge in [0.1, 0.15) is 0 Å². The highest BCUT2D eigenvalue weighted by Gasteiger charge is 2.11. The third-order valence-corrected chi connectivity index (χ3v) is 2.79. The van der Waals surface area contributed by atoms with Crippen molar-refractivity contribution < 1.29 is 0 Å². The van der Waals surface area contributed by atoms with E-state index in [4.69, 9.17) is 0 Å². The van der Waals surface area contributed by atoms with Gasteiger partial charge in [-0.2, -0.15) is 0 Å². The SMILES string of the molecule is Cc1c(C(C)C)c2ccccc2[nH]c1=O. The average Bonchev–Trinajstić information content (AvgIpc) is 2.19. The molecule has 0 aliphatic carbocycles. The molecular weight excluding hydrogens is 186 g/mol. The van der Waals surface area contributed by atoms with Gasteiger partial charge in [0.05, 0.1) is 0 Å². The molecule has 0 unspecified atom stereocenters. The predicted octanol–water partition coefficient (Wildman–Crippen LogP) is 2.96. The van der Waals surface area contributed by atoms with Crippen molar-refractivity contribution in [1.29, 1.82) is 0 Å². The lowest BCUT2D eigenvalue weighted by atomic mass is 9.95. The van der Waals surface area contributed by atoms with Gasteiger partial charge in [-0.3, -0.25) is 4.79 Å². The molecule has 0 aliphatic rings. The Bertz CT molecular complexity index is 552. The third kappa shape index (κ3) is 1.56. The second-order valence-corrected chi connectivity index (χ2v) is 4.19. The van der Waals surface area contributed by atoms with E-state index in [9.17, 15) is 4.79 Å². The molecule has 0 amide bonds. The Morgan fingerprint density at radius 1 is 1.20 bits per heavy atom. The predicted molar refractivity (Wildman–Crippen MR) is 63.4 cm³/mol. The number of hydrogen-bond acceptors (Lipinski definition) is 1. The Morgan fingerprint density at radius 3 is 2.53 bits per heavy atom. The molecule has 0 bridgehead atoms. The summed E-state index contributed by atoms with van der Waals surface area (Å²) >= 11 is 0.